The fourth-order valence-electron chi connectivity index (χ4n) is 2.31. The summed E-state index contributed by atoms with van der Waals surface area (Å²) < 4.78 is 18.3. The van der Waals surface area contributed by atoms with Gasteiger partial charge in [0.05, 0.1) is 25.6 Å². The Morgan fingerprint density at radius 1 is 1.24 bits per heavy atom. The molecule has 1 heterocycles. The van der Waals surface area contributed by atoms with Crippen molar-refractivity contribution in [3.05, 3.63) is 65.5 Å². The summed E-state index contributed by atoms with van der Waals surface area (Å²) in [5.41, 5.74) is 1.63. The van der Waals surface area contributed by atoms with Gasteiger partial charge in [-0.1, -0.05) is 36.0 Å². The van der Waals surface area contributed by atoms with E-state index in [1.807, 2.05) is 24.3 Å². The van der Waals surface area contributed by atoms with Gasteiger partial charge in [0.25, 0.3) is 0 Å². The van der Waals surface area contributed by atoms with Gasteiger partial charge in [-0.25, -0.2) is 4.39 Å². The summed E-state index contributed by atoms with van der Waals surface area (Å²) in [6, 6.07) is 13.5. The molecule has 0 N–H and O–H groups in total. The molecular weight excluding hydrogens is 341 g/mol. The second-order valence-electron chi connectivity index (χ2n) is 5.26. The van der Waals surface area contributed by atoms with Gasteiger partial charge in [0.1, 0.15) is 11.6 Å². The van der Waals surface area contributed by atoms with Gasteiger partial charge in [-0.2, -0.15) is 5.10 Å². The first-order valence-corrected chi connectivity index (χ1v) is 8.57. The number of benzene rings is 2. The fourth-order valence-corrected chi connectivity index (χ4v) is 3.15. The predicted molar refractivity (Wildman–Crippen MR) is 97.4 cm³/mol. The van der Waals surface area contributed by atoms with Crippen LogP contribution in [0.25, 0.3) is 0 Å². The third-order valence-electron chi connectivity index (χ3n) is 3.59. The van der Waals surface area contributed by atoms with Crippen molar-refractivity contribution in [2.45, 2.75) is 6.54 Å². The minimum absolute atomic E-state index is 0.0411. The van der Waals surface area contributed by atoms with Crippen LogP contribution in [0.15, 0.2) is 58.7 Å². The molecule has 0 aliphatic carbocycles. The highest BCUT2D eigenvalue weighted by Gasteiger charge is 2.28. The van der Waals surface area contributed by atoms with E-state index in [2.05, 4.69) is 10.2 Å². The second-order valence-corrected chi connectivity index (χ2v) is 6.21. The smallest absolute Gasteiger partial charge is 0.239 e. The Balaban J connectivity index is 1.75. The zero-order chi connectivity index (χ0) is 17.6. The van der Waals surface area contributed by atoms with Crippen LogP contribution >= 0.6 is 11.8 Å². The number of methoxy groups -OCH3 is 1. The lowest BCUT2D eigenvalue weighted by Gasteiger charge is -2.15. The van der Waals surface area contributed by atoms with Crippen LogP contribution in [0.4, 0.5) is 4.39 Å². The maximum Gasteiger partial charge on any atom is 0.239 e. The van der Waals surface area contributed by atoms with Crippen LogP contribution in [-0.4, -0.2) is 35.1 Å². The summed E-state index contributed by atoms with van der Waals surface area (Å²) in [6.07, 6.45) is 1.59. The standard InChI is InChI=1S/C18H16FN3O2S/c1-24-16-5-3-2-4-14(16)10-20-21-18-22(17(23)12-25-18)11-13-6-8-15(19)9-7-13/h2-10H,11-12H2,1H3/b20-10+,21-18+. The molecule has 2 aromatic carbocycles. The molecule has 0 unspecified atom stereocenters. The molecule has 128 valence electrons. The summed E-state index contributed by atoms with van der Waals surface area (Å²) in [4.78, 5) is 13.6. The largest absolute Gasteiger partial charge is 0.496 e. The molecule has 0 atom stereocenters. The Morgan fingerprint density at radius 2 is 2.00 bits per heavy atom. The molecule has 1 aliphatic heterocycles. The van der Waals surface area contributed by atoms with Crippen molar-refractivity contribution in [3.63, 3.8) is 0 Å². The highest BCUT2D eigenvalue weighted by atomic mass is 32.2. The summed E-state index contributed by atoms with van der Waals surface area (Å²) in [6.45, 7) is 0.342. The molecule has 0 aromatic heterocycles. The first-order chi connectivity index (χ1) is 12.2. The van der Waals surface area contributed by atoms with Gasteiger partial charge in [-0.3, -0.25) is 9.69 Å². The lowest BCUT2D eigenvalue weighted by molar-refractivity contribution is -0.124. The Hall–Kier alpha value is -2.67. The summed E-state index contributed by atoms with van der Waals surface area (Å²) in [5.74, 6) is 0.677. The van der Waals surface area contributed by atoms with Crippen LogP contribution in [-0.2, 0) is 11.3 Å². The molecule has 2 aromatic rings. The van der Waals surface area contributed by atoms with Crippen molar-refractivity contribution < 1.29 is 13.9 Å². The average molecular weight is 357 g/mol. The monoisotopic (exact) mass is 357 g/mol. The maximum atomic E-state index is 13.0. The van der Waals surface area contributed by atoms with Crippen LogP contribution in [0.1, 0.15) is 11.1 Å². The number of carbonyl (C=O) groups is 1. The van der Waals surface area contributed by atoms with E-state index in [1.54, 1.807) is 30.4 Å². The minimum Gasteiger partial charge on any atom is -0.496 e. The normalized spacial score (nSPS) is 16.2. The van der Waals surface area contributed by atoms with E-state index in [0.29, 0.717) is 23.2 Å². The number of hydrogen-bond acceptors (Lipinski definition) is 5. The van der Waals surface area contributed by atoms with Gasteiger partial charge in [0, 0.05) is 5.56 Å². The van der Waals surface area contributed by atoms with Crippen molar-refractivity contribution >= 4 is 29.1 Å². The van der Waals surface area contributed by atoms with Crippen LogP contribution in [0.2, 0.25) is 0 Å². The topological polar surface area (TPSA) is 54.3 Å². The maximum absolute atomic E-state index is 13.0. The van der Waals surface area contributed by atoms with Crippen LogP contribution in [0.5, 0.6) is 5.75 Å². The van der Waals surface area contributed by atoms with E-state index in [9.17, 15) is 9.18 Å². The molecule has 0 bridgehead atoms. The van der Waals surface area contributed by atoms with Gasteiger partial charge < -0.3 is 4.74 Å². The molecule has 1 aliphatic rings. The van der Waals surface area contributed by atoms with Gasteiger partial charge in [-0.15, -0.1) is 5.10 Å². The highest BCUT2D eigenvalue weighted by Crippen LogP contribution is 2.22. The number of rotatable bonds is 5. The van der Waals surface area contributed by atoms with E-state index in [1.165, 1.54) is 23.9 Å². The van der Waals surface area contributed by atoms with E-state index < -0.39 is 0 Å². The molecule has 3 rings (SSSR count). The van der Waals surface area contributed by atoms with Crippen molar-refractivity contribution in [1.29, 1.82) is 0 Å². The molecular formula is C18H16FN3O2S. The predicted octanol–water partition coefficient (Wildman–Crippen LogP) is 3.30. The molecule has 1 fully saturated rings. The molecule has 0 radical (unpaired) electrons. The number of nitrogens with zero attached hydrogens (tertiary/aromatic N) is 3. The van der Waals surface area contributed by atoms with Gasteiger partial charge in [0.15, 0.2) is 5.17 Å². The third-order valence-corrected chi connectivity index (χ3v) is 4.54. The Labute approximate surface area is 149 Å². The number of amides is 1. The fraction of sp³-hybridized carbons (Fsp3) is 0.167. The zero-order valence-electron chi connectivity index (χ0n) is 13.6. The lowest BCUT2D eigenvalue weighted by atomic mass is 10.2. The van der Waals surface area contributed by atoms with Gasteiger partial charge in [-0.05, 0) is 29.8 Å². The average Bonchev–Trinajstić information content (AvgIpc) is 2.97. The lowest BCUT2D eigenvalue weighted by Crippen LogP contribution is -2.28. The van der Waals surface area contributed by atoms with E-state index in [4.69, 9.17) is 4.74 Å². The van der Waals surface area contributed by atoms with Gasteiger partial charge in [0.2, 0.25) is 5.91 Å². The Bertz CT molecular complexity index is 821. The zero-order valence-corrected chi connectivity index (χ0v) is 14.4. The molecule has 5 nitrogen and oxygen atoms in total. The van der Waals surface area contributed by atoms with Crippen molar-refractivity contribution in [1.82, 2.24) is 4.90 Å². The second kappa shape index (κ2) is 7.94. The number of thioether (sulfide) groups is 1. The third kappa shape index (κ3) is 4.24. The first kappa shape index (κ1) is 17.2. The van der Waals surface area contributed by atoms with Crippen LogP contribution in [0, 0.1) is 5.82 Å². The Morgan fingerprint density at radius 3 is 2.76 bits per heavy atom. The van der Waals surface area contributed by atoms with Gasteiger partial charge >= 0.3 is 0 Å². The number of carbonyl (C=O) groups excluding carboxylic acids is 1. The van der Waals surface area contributed by atoms with E-state index in [0.717, 1.165) is 11.1 Å². The number of halogens is 1. The number of amidine groups is 1. The Kier molecular flexibility index (Phi) is 5.45. The molecule has 0 saturated carbocycles. The summed E-state index contributed by atoms with van der Waals surface area (Å²) >= 11 is 1.33. The number of hydrogen-bond donors (Lipinski definition) is 0. The number of ether oxygens (including phenoxy) is 1. The summed E-state index contributed by atoms with van der Waals surface area (Å²) in [5, 5.41) is 8.77. The molecule has 0 spiro atoms. The SMILES string of the molecule is COc1ccccc1/C=N/N=C1/SCC(=O)N1Cc1ccc(F)cc1. The quantitative estimate of drug-likeness (QED) is 0.609. The number of para-hydroxylation sites is 1. The molecule has 7 heteroatoms. The van der Waals surface area contributed by atoms with Crippen molar-refractivity contribution in [3.8, 4) is 5.75 Å². The van der Waals surface area contributed by atoms with Crippen molar-refractivity contribution in [2.24, 2.45) is 10.2 Å². The summed E-state index contributed by atoms with van der Waals surface area (Å²) in [7, 11) is 1.59. The van der Waals surface area contributed by atoms with E-state index in [-0.39, 0.29) is 11.7 Å². The van der Waals surface area contributed by atoms with E-state index >= 15 is 0 Å². The molecule has 25 heavy (non-hydrogen) atoms. The minimum atomic E-state index is -0.304. The molecule has 1 amide bonds. The first-order valence-electron chi connectivity index (χ1n) is 7.59. The van der Waals surface area contributed by atoms with Crippen molar-refractivity contribution in [2.75, 3.05) is 12.9 Å². The van der Waals surface area contributed by atoms with Crippen LogP contribution < -0.4 is 4.74 Å². The van der Waals surface area contributed by atoms with Crippen LogP contribution in [0.3, 0.4) is 0 Å². The highest BCUT2D eigenvalue weighted by molar-refractivity contribution is 8.15. The molecule has 1 saturated heterocycles.